The van der Waals surface area contributed by atoms with Crippen LogP contribution in [-0.4, -0.2) is 11.5 Å². The summed E-state index contributed by atoms with van der Waals surface area (Å²) in [6, 6.07) is 5.23. The van der Waals surface area contributed by atoms with Crippen LogP contribution in [0.3, 0.4) is 0 Å². The van der Waals surface area contributed by atoms with E-state index in [1.807, 2.05) is 6.07 Å². The lowest BCUT2D eigenvalue weighted by molar-refractivity contribution is 0.636. The third-order valence-corrected chi connectivity index (χ3v) is 3.85. The minimum Gasteiger partial charge on any atom is -0.384 e. The molecule has 0 saturated heterocycles. The second-order valence-electron chi connectivity index (χ2n) is 5.14. The summed E-state index contributed by atoms with van der Waals surface area (Å²) in [6.07, 6.45) is 5.62. The van der Waals surface area contributed by atoms with Crippen LogP contribution >= 0.6 is 0 Å². The zero-order valence-corrected chi connectivity index (χ0v) is 11.3. The fourth-order valence-corrected chi connectivity index (χ4v) is 2.97. The van der Waals surface area contributed by atoms with E-state index in [0.717, 1.165) is 42.6 Å². The first-order valence-electron chi connectivity index (χ1n) is 7.15. The standard InChI is InChI=1S/C16H19FN2/c1-2-18-15-11-7-4-3-5-10-14(11)19-16-12(15)8-6-9-13(16)17/h6,8-9H,2-5,7,10H2,1H3,(H,18,19). The van der Waals surface area contributed by atoms with Crippen LogP contribution < -0.4 is 5.32 Å². The van der Waals surface area contributed by atoms with Gasteiger partial charge in [0.2, 0.25) is 0 Å². The summed E-state index contributed by atoms with van der Waals surface area (Å²) in [6.45, 7) is 2.93. The molecule has 0 fully saturated rings. The van der Waals surface area contributed by atoms with Gasteiger partial charge in [0.15, 0.2) is 0 Å². The van der Waals surface area contributed by atoms with Crippen molar-refractivity contribution in [1.82, 2.24) is 4.98 Å². The van der Waals surface area contributed by atoms with Crippen molar-refractivity contribution in [3.8, 4) is 0 Å². The van der Waals surface area contributed by atoms with E-state index in [2.05, 4.69) is 17.2 Å². The van der Waals surface area contributed by atoms with Crippen LogP contribution in [0.1, 0.15) is 37.4 Å². The Morgan fingerprint density at radius 2 is 2.05 bits per heavy atom. The van der Waals surface area contributed by atoms with E-state index in [1.54, 1.807) is 6.07 Å². The quantitative estimate of drug-likeness (QED) is 0.821. The highest BCUT2D eigenvalue weighted by molar-refractivity contribution is 5.93. The number of anilines is 1. The maximum atomic E-state index is 14.0. The van der Waals surface area contributed by atoms with Crippen molar-refractivity contribution >= 4 is 16.6 Å². The highest BCUT2D eigenvalue weighted by Crippen LogP contribution is 2.33. The van der Waals surface area contributed by atoms with Crippen molar-refractivity contribution in [2.75, 3.05) is 11.9 Å². The number of pyridine rings is 1. The predicted octanol–water partition coefficient (Wildman–Crippen LogP) is 4.07. The van der Waals surface area contributed by atoms with E-state index in [0.29, 0.717) is 5.52 Å². The van der Waals surface area contributed by atoms with Crippen molar-refractivity contribution < 1.29 is 4.39 Å². The lowest BCUT2D eigenvalue weighted by atomic mass is 10.0. The van der Waals surface area contributed by atoms with Gasteiger partial charge in [0.25, 0.3) is 0 Å². The molecule has 3 heteroatoms. The number of hydrogen-bond donors (Lipinski definition) is 1. The second-order valence-corrected chi connectivity index (χ2v) is 5.14. The minimum atomic E-state index is -0.219. The Labute approximate surface area is 113 Å². The van der Waals surface area contributed by atoms with Crippen LogP contribution in [0.2, 0.25) is 0 Å². The highest BCUT2D eigenvalue weighted by Gasteiger charge is 2.18. The molecule has 0 aliphatic heterocycles. The fourth-order valence-electron chi connectivity index (χ4n) is 2.97. The summed E-state index contributed by atoms with van der Waals surface area (Å²) < 4.78 is 14.0. The summed E-state index contributed by atoms with van der Waals surface area (Å²) in [7, 11) is 0. The Morgan fingerprint density at radius 3 is 2.89 bits per heavy atom. The van der Waals surface area contributed by atoms with Crippen molar-refractivity contribution in [3.05, 3.63) is 35.3 Å². The van der Waals surface area contributed by atoms with Gasteiger partial charge in [-0.2, -0.15) is 0 Å². The molecule has 1 aliphatic carbocycles. The number of para-hydroxylation sites is 1. The first-order valence-corrected chi connectivity index (χ1v) is 7.15. The first-order chi connectivity index (χ1) is 9.31. The smallest absolute Gasteiger partial charge is 0.149 e. The van der Waals surface area contributed by atoms with Gasteiger partial charge in [0.05, 0.1) is 0 Å². The normalized spacial score (nSPS) is 15.1. The van der Waals surface area contributed by atoms with Crippen LogP contribution in [0.4, 0.5) is 10.1 Å². The van der Waals surface area contributed by atoms with E-state index in [4.69, 9.17) is 0 Å². The van der Waals surface area contributed by atoms with Gasteiger partial charge in [-0.3, -0.25) is 0 Å². The number of fused-ring (bicyclic) bond motifs is 2. The van der Waals surface area contributed by atoms with Gasteiger partial charge in [0.1, 0.15) is 11.3 Å². The molecule has 3 rings (SSSR count). The molecule has 0 spiro atoms. The average Bonchev–Trinajstić information content (AvgIpc) is 2.65. The Kier molecular flexibility index (Phi) is 3.36. The number of aryl methyl sites for hydroxylation is 1. The van der Waals surface area contributed by atoms with Crippen LogP contribution in [-0.2, 0) is 12.8 Å². The van der Waals surface area contributed by atoms with Crippen LogP contribution in [0.15, 0.2) is 18.2 Å². The number of nitrogens with one attached hydrogen (secondary N) is 1. The van der Waals surface area contributed by atoms with Gasteiger partial charge >= 0.3 is 0 Å². The van der Waals surface area contributed by atoms with Crippen molar-refractivity contribution in [2.45, 2.75) is 39.0 Å². The summed E-state index contributed by atoms with van der Waals surface area (Å²) in [5.74, 6) is -0.219. The van der Waals surface area contributed by atoms with Gasteiger partial charge in [-0.15, -0.1) is 0 Å². The summed E-state index contributed by atoms with van der Waals surface area (Å²) in [5.41, 5.74) is 4.01. The molecule has 2 aromatic rings. The molecule has 1 aliphatic rings. The SMILES string of the molecule is CCNc1c2c(nc3c(F)cccc13)CCCCC2. The number of benzene rings is 1. The topological polar surface area (TPSA) is 24.9 Å². The summed E-state index contributed by atoms with van der Waals surface area (Å²) in [5, 5.41) is 4.35. The summed E-state index contributed by atoms with van der Waals surface area (Å²) >= 11 is 0. The molecule has 0 saturated carbocycles. The van der Waals surface area contributed by atoms with Crippen molar-refractivity contribution in [2.24, 2.45) is 0 Å². The van der Waals surface area contributed by atoms with Crippen LogP contribution in [0.5, 0.6) is 0 Å². The molecule has 1 N–H and O–H groups in total. The maximum absolute atomic E-state index is 14.0. The van der Waals surface area contributed by atoms with Gasteiger partial charge in [-0.05, 0) is 44.2 Å². The molecule has 0 atom stereocenters. The molecular weight excluding hydrogens is 239 g/mol. The van der Waals surface area contributed by atoms with E-state index in [-0.39, 0.29) is 5.82 Å². The number of rotatable bonds is 2. The van der Waals surface area contributed by atoms with Gasteiger partial charge < -0.3 is 5.32 Å². The molecule has 19 heavy (non-hydrogen) atoms. The minimum absolute atomic E-state index is 0.219. The van der Waals surface area contributed by atoms with Gasteiger partial charge in [-0.25, -0.2) is 9.37 Å². The lowest BCUT2D eigenvalue weighted by Crippen LogP contribution is -2.07. The Bertz CT molecular complexity index is 607. The summed E-state index contributed by atoms with van der Waals surface area (Å²) in [4.78, 5) is 4.60. The third-order valence-electron chi connectivity index (χ3n) is 3.85. The first kappa shape index (κ1) is 12.4. The van der Waals surface area contributed by atoms with Crippen LogP contribution in [0.25, 0.3) is 10.9 Å². The fraction of sp³-hybridized carbons (Fsp3) is 0.438. The Hall–Kier alpha value is -1.64. The zero-order chi connectivity index (χ0) is 13.2. The van der Waals surface area contributed by atoms with Crippen molar-refractivity contribution in [1.29, 1.82) is 0 Å². The van der Waals surface area contributed by atoms with E-state index in [9.17, 15) is 4.39 Å². The number of aromatic nitrogens is 1. The molecular formula is C16H19FN2. The van der Waals surface area contributed by atoms with Crippen molar-refractivity contribution in [3.63, 3.8) is 0 Å². The number of nitrogens with zero attached hydrogens (tertiary/aromatic N) is 1. The molecule has 0 amide bonds. The third kappa shape index (κ3) is 2.18. The van der Waals surface area contributed by atoms with Crippen LogP contribution in [0, 0.1) is 5.82 Å². The Balaban J connectivity index is 2.30. The maximum Gasteiger partial charge on any atom is 0.149 e. The molecule has 1 aromatic carbocycles. The Morgan fingerprint density at radius 1 is 1.21 bits per heavy atom. The van der Waals surface area contributed by atoms with E-state index in [1.165, 1.54) is 24.5 Å². The molecule has 1 heterocycles. The van der Waals surface area contributed by atoms with E-state index < -0.39 is 0 Å². The molecule has 1 aromatic heterocycles. The lowest BCUT2D eigenvalue weighted by Gasteiger charge is -2.16. The second kappa shape index (κ2) is 5.16. The largest absolute Gasteiger partial charge is 0.384 e. The number of halogens is 1. The molecule has 2 nitrogen and oxygen atoms in total. The molecule has 0 bridgehead atoms. The highest BCUT2D eigenvalue weighted by atomic mass is 19.1. The van der Waals surface area contributed by atoms with E-state index >= 15 is 0 Å². The zero-order valence-electron chi connectivity index (χ0n) is 11.3. The van der Waals surface area contributed by atoms with Gasteiger partial charge in [0, 0.05) is 23.3 Å². The molecule has 0 radical (unpaired) electrons. The predicted molar refractivity (Wildman–Crippen MR) is 77.1 cm³/mol. The monoisotopic (exact) mass is 258 g/mol. The molecule has 0 unspecified atom stereocenters. The molecule has 100 valence electrons. The van der Waals surface area contributed by atoms with Gasteiger partial charge in [-0.1, -0.05) is 18.6 Å². The average molecular weight is 258 g/mol. The number of hydrogen-bond acceptors (Lipinski definition) is 2.